The van der Waals surface area contributed by atoms with Crippen LogP contribution < -0.4 is 10.1 Å². The fourth-order valence-electron chi connectivity index (χ4n) is 2.81. The summed E-state index contributed by atoms with van der Waals surface area (Å²) in [6.07, 6.45) is 10.7. The number of terminal acetylenes is 1. The maximum atomic E-state index is 5.56. The van der Waals surface area contributed by atoms with E-state index in [9.17, 15) is 0 Å². The second kappa shape index (κ2) is 6.63. The predicted octanol–water partition coefficient (Wildman–Crippen LogP) is 3.37. The molecule has 0 saturated heterocycles. The van der Waals surface area contributed by atoms with E-state index in [2.05, 4.69) is 24.2 Å². The minimum Gasteiger partial charge on any atom is -0.481 e. The quantitative estimate of drug-likeness (QED) is 0.789. The molecule has 0 atom stereocenters. The smallest absolute Gasteiger partial charge is 0.148 e. The number of hydrogen-bond donors (Lipinski definition) is 1. The van der Waals surface area contributed by atoms with Crippen molar-refractivity contribution in [2.45, 2.75) is 39.2 Å². The molecule has 0 spiro atoms. The van der Waals surface area contributed by atoms with Gasteiger partial charge in [0.05, 0.1) is 0 Å². The lowest BCUT2D eigenvalue weighted by molar-refractivity contribution is 0.312. The molecule has 2 nitrogen and oxygen atoms in total. The summed E-state index contributed by atoms with van der Waals surface area (Å²) in [4.78, 5) is 0. The van der Waals surface area contributed by atoms with Crippen LogP contribution in [-0.4, -0.2) is 13.2 Å². The van der Waals surface area contributed by atoms with Crippen molar-refractivity contribution in [1.82, 2.24) is 5.32 Å². The summed E-state index contributed by atoms with van der Waals surface area (Å²) in [6.45, 7) is 4.63. The molecule has 0 radical (unpaired) electrons. The fourth-order valence-corrected chi connectivity index (χ4v) is 2.81. The van der Waals surface area contributed by atoms with Gasteiger partial charge in [-0.05, 0) is 24.3 Å². The van der Waals surface area contributed by atoms with Crippen molar-refractivity contribution in [3.8, 4) is 18.1 Å². The van der Waals surface area contributed by atoms with E-state index in [4.69, 9.17) is 11.2 Å². The zero-order valence-corrected chi connectivity index (χ0v) is 11.7. The van der Waals surface area contributed by atoms with Gasteiger partial charge in [-0.1, -0.05) is 43.9 Å². The van der Waals surface area contributed by atoms with Crippen molar-refractivity contribution in [1.29, 1.82) is 0 Å². The summed E-state index contributed by atoms with van der Waals surface area (Å²) in [5.74, 6) is 3.40. The van der Waals surface area contributed by atoms with Crippen LogP contribution in [0.25, 0.3) is 0 Å². The zero-order chi connectivity index (χ0) is 13.6. The summed E-state index contributed by atoms with van der Waals surface area (Å²) in [5.41, 5.74) is 1.66. The van der Waals surface area contributed by atoms with Crippen molar-refractivity contribution >= 4 is 0 Å². The second-order valence-electron chi connectivity index (χ2n) is 5.72. The van der Waals surface area contributed by atoms with Gasteiger partial charge in [0.15, 0.2) is 0 Å². The Hall–Kier alpha value is -1.46. The van der Waals surface area contributed by atoms with E-state index >= 15 is 0 Å². The first-order chi connectivity index (χ1) is 9.23. The van der Waals surface area contributed by atoms with Crippen molar-refractivity contribution < 1.29 is 4.74 Å². The van der Waals surface area contributed by atoms with Crippen molar-refractivity contribution in [2.24, 2.45) is 5.41 Å². The molecule has 1 saturated carbocycles. The van der Waals surface area contributed by atoms with Gasteiger partial charge in [-0.25, -0.2) is 0 Å². The van der Waals surface area contributed by atoms with Gasteiger partial charge in [-0.3, -0.25) is 0 Å². The Bertz CT molecular complexity index is 441. The predicted molar refractivity (Wildman–Crippen MR) is 79.1 cm³/mol. The molecule has 0 aromatic heterocycles. The van der Waals surface area contributed by atoms with E-state index in [-0.39, 0.29) is 0 Å². The number of benzene rings is 1. The third kappa shape index (κ3) is 4.01. The van der Waals surface area contributed by atoms with Crippen LogP contribution >= 0.6 is 0 Å². The van der Waals surface area contributed by atoms with Gasteiger partial charge in [0.1, 0.15) is 12.4 Å². The van der Waals surface area contributed by atoms with Crippen LogP contribution in [0.3, 0.4) is 0 Å². The van der Waals surface area contributed by atoms with Gasteiger partial charge in [0, 0.05) is 18.7 Å². The molecule has 1 aliphatic carbocycles. The molecule has 0 heterocycles. The first kappa shape index (κ1) is 14.0. The number of para-hydroxylation sites is 1. The molecular weight excluding hydrogens is 234 g/mol. The Kier molecular flexibility index (Phi) is 4.87. The monoisotopic (exact) mass is 257 g/mol. The number of ether oxygens (including phenoxy) is 1. The molecule has 19 heavy (non-hydrogen) atoms. The molecular formula is C17H23NO. The highest BCUT2D eigenvalue weighted by atomic mass is 16.5. The first-order valence-electron chi connectivity index (χ1n) is 7.08. The molecule has 1 aromatic carbocycles. The maximum Gasteiger partial charge on any atom is 0.148 e. The van der Waals surface area contributed by atoms with E-state index in [0.29, 0.717) is 12.0 Å². The zero-order valence-electron chi connectivity index (χ0n) is 11.7. The van der Waals surface area contributed by atoms with Gasteiger partial charge < -0.3 is 10.1 Å². The summed E-state index contributed by atoms with van der Waals surface area (Å²) in [6, 6.07) is 8.09. The Morgan fingerprint density at radius 3 is 2.79 bits per heavy atom. The lowest BCUT2D eigenvalue weighted by Crippen LogP contribution is -2.29. The van der Waals surface area contributed by atoms with Crippen molar-refractivity contribution in [3.05, 3.63) is 29.8 Å². The second-order valence-corrected chi connectivity index (χ2v) is 5.72. The maximum absolute atomic E-state index is 5.56. The van der Waals surface area contributed by atoms with Crippen LogP contribution in [0.2, 0.25) is 0 Å². The van der Waals surface area contributed by atoms with Gasteiger partial charge in [-0.15, -0.1) is 6.42 Å². The minimum atomic E-state index is 0.328. The first-order valence-corrected chi connectivity index (χ1v) is 7.08. The SMILES string of the molecule is C#CCOc1ccccc1CNCC1(C)CCCC1. The molecule has 1 fully saturated rings. The Morgan fingerprint density at radius 2 is 2.05 bits per heavy atom. The Balaban J connectivity index is 1.87. The molecule has 1 aliphatic rings. The summed E-state index contributed by atoms with van der Waals surface area (Å²) in [5, 5.41) is 3.57. The Labute approximate surface area is 116 Å². The van der Waals surface area contributed by atoms with Crippen LogP contribution in [-0.2, 0) is 6.54 Å². The molecule has 102 valence electrons. The average Bonchev–Trinajstić information content (AvgIpc) is 2.85. The van der Waals surface area contributed by atoms with Crippen molar-refractivity contribution in [2.75, 3.05) is 13.2 Å². The van der Waals surface area contributed by atoms with Crippen LogP contribution in [0, 0.1) is 17.8 Å². The molecule has 1 N–H and O–H groups in total. The van der Waals surface area contributed by atoms with E-state index in [1.165, 1.54) is 31.2 Å². The lowest BCUT2D eigenvalue weighted by Gasteiger charge is -2.24. The van der Waals surface area contributed by atoms with Gasteiger partial charge in [0.2, 0.25) is 0 Å². The highest BCUT2D eigenvalue weighted by molar-refractivity contribution is 5.33. The van der Waals surface area contributed by atoms with Crippen LogP contribution in [0.15, 0.2) is 24.3 Å². The van der Waals surface area contributed by atoms with Crippen LogP contribution in [0.4, 0.5) is 0 Å². The number of hydrogen-bond acceptors (Lipinski definition) is 2. The third-order valence-electron chi connectivity index (χ3n) is 3.96. The summed E-state index contributed by atoms with van der Waals surface area (Å²) >= 11 is 0. The van der Waals surface area contributed by atoms with E-state index in [1.54, 1.807) is 0 Å². The van der Waals surface area contributed by atoms with Gasteiger partial charge in [-0.2, -0.15) is 0 Å². The summed E-state index contributed by atoms with van der Waals surface area (Å²) in [7, 11) is 0. The third-order valence-corrected chi connectivity index (χ3v) is 3.96. The van der Waals surface area contributed by atoms with Gasteiger partial charge >= 0.3 is 0 Å². The summed E-state index contributed by atoms with van der Waals surface area (Å²) < 4.78 is 5.56. The molecule has 2 rings (SSSR count). The molecule has 0 bridgehead atoms. The van der Waals surface area contributed by atoms with Crippen LogP contribution in [0.5, 0.6) is 5.75 Å². The van der Waals surface area contributed by atoms with E-state index < -0.39 is 0 Å². The van der Waals surface area contributed by atoms with Gasteiger partial charge in [0.25, 0.3) is 0 Å². The van der Waals surface area contributed by atoms with E-state index in [1.807, 2.05) is 18.2 Å². The Morgan fingerprint density at radius 1 is 1.32 bits per heavy atom. The van der Waals surface area contributed by atoms with Crippen LogP contribution in [0.1, 0.15) is 38.2 Å². The fraction of sp³-hybridized carbons (Fsp3) is 0.529. The highest BCUT2D eigenvalue weighted by Gasteiger charge is 2.27. The van der Waals surface area contributed by atoms with Crippen molar-refractivity contribution in [3.63, 3.8) is 0 Å². The highest BCUT2D eigenvalue weighted by Crippen LogP contribution is 2.36. The molecule has 0 amide bonds. The largest absolute Gasteiger partial charge is 0.481 e. The lowest BCUT2D eigenvalue weighted by atomic mass is 9.89. The van der Waals surface area contributed by atoms with E-state index in [0.717, 1.165) is 18.8 Å². The molecule has 1 aromatic rings. The minimum absolute atomic E-state index is 0.328. The average molecular weight is 257 g/mol. The number of nitrogens with one attached hydrogen (secondary N) is 1. The topological polar surface area (TPSA) is 21.3 Å². The molecule has 0 unspecified atom stereocenters. The standard InChI is InChI=1S/C17H23NO/c1-3-12-19-16-9-5-4-8-15(16)13-18-14-17(2)10-6-7-11-17/h1,4-5,8-9,18H,6-7,10-14H2,2H3. The molecule has 0 aliphatic heterocycles. The molecule has 2 heteroatoms. The normalized spacial score (nSPS) is 17.1. The number of rotatable bonds is 6.